The van der Waals surface area contributed by atoms with Gasteiger partial charge in [-0.2, -0.15) is 0 Å². The number of hydrogen-bond donors (Lipinski definition) is 1. The maximum Gasteiger partial charge on any atom is 0.174 e. The predicted octanol–water partition coefficient (Wildman–Crippen LogP) is 4.48. The van der Waals surface area contributed by atoms with Gasteiger partial charge in [0.25, 0.3) is 0 Å². The van der Waals surface area contributed by atoms with Crippen LogP contribution in [0.2, 0.25) is 10.0 Å². The van der Waals surface area contributed by atoms with Crippen LogP contribution in [0.3, 0.4) is 0 Å². The Balaban J connectivity index is 1.74. The van der Waals surface area contributed by atoms with Gasteiger partial charge in [-0.25, -0.2) is 9.97 Å². The lowest BCUT2D eigenvalue weighted by atomic mass is 10.2. The van der Waals surface area contributed by atoms with Crippen LogP contribution in [-0.4, -0.2) is 20.2 Å². The van der Waals surface area contributed by atoms with Crippen LogP contribution in [0.4, 0.5) is 5.82 Å². The van der Waals surface area contributed by atoms with Crippen molar-refractivity contribution in [1.82, 2.24) is 20.2 Å². The molecule has 0 aliphatic carbocycles. The summed E-state index contributed by atoms with van der Waals surface area (Å²) in [6.07, 6.45) is 1.67. The summed E-state index contributed by atoms with van der Waals surface area (Å²) in [5.74, 6) is 1.72. The molecule has 2 aromatic heterocycles. The smallest absolute Gasteiger partial charge is 0.174 e. The molecule has 0 radical (unpaired) electrons. The van der Waals surface area contributed by atoms with Crippen LogP contribution in [-0.2, 0) is 5.75 Å². The molecule has 0 aliphatic rings. The summed E-state index contributed by atoms with van der Waals surface area (Å²) in [5.41, 5.74) is 7.61. The average Bonchev–Trinajstić information content (AvgIpc) is 2.95. The summed E-state index contributed by atoms with van der Waals surface area (Å²) in [5, 5.41) is 10.3. The number of hydrogen-bond acceptors (Lipinski definition) is 7. The van der Waals surface area contributed by atoms with Gasteiger partial charge in [0.15, 0.2) is 9.35 Å². The molecular weight excluding hydrogens is 373 g/mol. The molecule has 0 unspecified atom stereocenters. The van der Waals surface area contributed by atoms with Crippen LogP contribution in [0.5, 0.6) is 0 Å². The van der Waals surface area contributed by atoms with E-state index in [1.807, 2.05) is 12.1 Å². The molecule has 0 aliphatic heterocycles. The zero-order chi connectivity index (χ0) is 16.4. The number of thioether (sulfide) groups is 1. The molecule has 9 heteroatoms. The van der Waals surface area contributed by atoms with Crippen LogP contribution >= 0.6 is 46.3 Å². The summed E-state index contributed by atoms with van der Waals surface area (Å²) >= 11 is 15.1. The second kappa shape index (κ2) is 7.00. The summed E-state index contributed by atoms with van der Waals surface area (Å²) in [6.45, 7) is 1.79. The third kappa shape index (κ3) is 3.92. The van der Waals surface area contributed by atoms with Crippen molar-refractivity contribution in [2.75, 3.05) is 5.73 Å². The average molecular weight is 384 g/mol. The highest BCUT2D eigenvalue weighted by Crippen LogP contribution is 2.34. The minimum absolute atomic E-state index is 0.408. The Labute approximate surface area is 151 Å². The standard InChI is InChI=1S/C14H11Cl2N5S2/c1-7-18-5-10(12(17)19-7)13-20-21-14(23-13)22-6-8-2-3-9(15)4-11(8)16/h2-5H,6H2,1H3,(H2,17,18,19). The molecule has 0 amide bonds. The van der Waals surface area contributed by atoms with E-state index in [9.17, 15) is 0 Å². The van der Waals surface area contributed by atoms with Crippen molar-refractivity contribution < 1.29 is 0 Å². The Hall–Kier alpha value is -1.41. The highest BCUT2D eigenvalue weighted by Gasteiger charge is 2.12. The number of aromatic nitrogens is 4. The fourth-order valence-electron chi connectivity index (χ4n) is 1.81. The molecule has 0 saturated carbocycles. The summed E-state index contributed by atoms with van der Waals surface area (Å²) in [6, 6.07) is 5.46. The highest BCUT2D eigenvalue weighted by molar-refractivity contribution is 8.00. The summed E-state index contributed by atoms with van der Waals surface area (Å²) in [4.78, 5) is 8.29. The van der Waals surface area contributed by atoms with Crippen molar-refractivity contribution in [3.8, 4) is 10.6 Å². The number of nitrogens with two attached hydrogens (primary N) is 1. The van der Waals surface area contributed by atoms with Crippen molar-refractivity contribution in [3.63, 3.8) is 0 Å². The first kappa shape index (κ1) is 16.4. The fourth-order valence-corrected chi connectivity index (χ4v) is 4.24. The molecule has 1 aromatic carbocycles. The topological polar surface area (TPSA) is 77.6 Å². The zero-order valence-corrected chi connectivity index (χ0v) is 15.1. The van der Waals surface area contributed by atoms with E-state index in [1.165, 1.54) is 11.3 Å². The quantitative estimate of drug-likeness (QED) is 0.668. The minimum Gasteiger partial charge on any atom is -0.383 e. The van der Waals surface area contributed by atoms with Crippen molar-refractivity contribution in [2.24, 2.45) is 0 Å². The summed E-state index contributed by atoms with van der Waals surface area (Å²) < 4.78 is 0.825. The van der Waals surface area contributed by atoms with Crippen LogP contribution in [0.15, 0.2) is 28.7 Å². The third-order valence-electron chi connectivity index (χ3n) is 2.94. The van der Waals surface area contributed by atoms with E-state index in [0.717, 1.165) is 9.90 Å². The van der Waals surface area contributed by atoms with E-state index >= 15 is 0 Å². The van der Waals surface area contributed by atoms with Gasteiger partial charge in [0.1, 0.15) is 11.6 Å². The number of anilines is 1. The summed E-state index contributed by atoms with van der Waals surface area (Å²) in [7, 11) is 0. The van der Waals surface area contributed by atoms with Gasteiger partial charge in [-0.05, 0) is 24.6 Å². The minimum atomic E-state index is 0.408. The van der Waals surface area contributed by atoms with Crippen LogP contribution in [0.25, 0.3) is 10.6 Å². The van der Waals surface area contributed by atoms with Gasteiger partial charge in [-0.3, -0.25) is 0 Å². The Morgan fingerprint density at radius 1 is 1.26 bits per heavy atom. The largest absolute Gasteiger partial charge is 0.383 e. The van der Waals surface area contributed by atoms with Gasteiger partial charge in [0, 0.05) is 22.0 Å². The van der Waals surface area contributed by atoms with Crippen LogP contribution in [0.1, 0.15) is 11.4 Å². The lowest BCUT2D eigenvalue weighted by Crippen LogP contribution is -1.97. The second-order valence-electron chi connectivity index (χ2n) is 4.61. The lowest BCUT2D eigenvalue weighted by molar-refractivity contribution is 1.01. The molecule has 0 atom stereocenters. The molecule has 5 nitrogen and oxygen atoms in total. The van der Waals surface area contributed by atoms with Crippen molar-refractivity contribution >= 4 is 52.1 Å². The van der Waals surface area contributed by atoms with Gasteiger partial charge in [-0.15, -0.1) is 10.2 Å². The van der Waals surface area contributed by atoms with Gasteiger partial charge >= 0.3 is 0 Å². The Kier molecular flexibility index (Phi) is 5.01. The van der Waals surface area contributed by atoms with Gasteiger partial charge in [0.2, 0.25) is 0 Å². The molecule has 2 heterocycles. The number of benzene rings is 1. The molecule has 0 fully saturated rings. The van der Waals surface area contributed by atoms with E-state index in [4.69, 9.17) is 28.9 Å². The Bertz CT molecular complexity index is 853. The number of rotatable bonds is 4. The van der Waals surface area contributed by atoms with Crippen LogP contribution < -0.4 is 5.73 Å². The van der Waals surface area contributed by atoms with Gasteiger partial charge in [0.05, 0.1) is 5.56 Å². The Morgan fingerprint density at radius 2 is 2.09 bits per heavy atom. The lowest BCUT2D eigenvalue weighted by Gasteiger charge is -2.02. The fraction of sp³-hybridized carbons (Fsp3) is 0.143. The number of aryl methyl sites for hydroxylation is 1. The van der Waals surface area contributed by atoms with E-state index in [2.05, 4.69) is 20.2 Å². The molecule has 0 spiro atoms. The molecule has 0 bridgehead atoms. The SMILES string of the molecule is Cc1ncc(-c2nnc(SCc3ccc(Cl)cc3Cl)s2)c(N)n1. The molecule has 23 heavy (non-hydrogen) atoms. The first-order valence-electron chi connectivity index (χ1n) is 6.52. The van der Waals surface area contributed by atoms with E-state index < -0.39 is 0 Å². The first-order valence-corrected chi connectivity index (χ1v) is 9.08. The van der Waals surface area contributed by atoms with E-state index in [-0.39, 0.29) is 0 Å². The highest BCUT2D eigenvalue weighted by atomic mass is 35.5. The Morgan fingerprint density at radius 3 is 2.83 bits per heavy atom. The predicted molar refractivity (Wildman–Crippen MR) is 96.1 cm³/mol. The van der Waals surface area contributed by atoms with E-state index in [0.29, 0.717) is 38.0 Å². The van der Waals surface area contributed by atoms with Crippen molar-refractivity contribution in [1.29, 1.82) is 0 Å². The first-order chi connectivity index (χ1) is 11.0. The molecular formula is C14H11Cl2N5S2. The molecule has 3 rings (SSSR count). The van der Waals surface area contributed by atoms with Gasteiger partial charge < -0.3 is 5.73 Å². The second-order valence-corrected chi connectivity index (χ2v) is 7.66. The third-order valence-corrected chi connectivity index (χ3v) is 5.67. The molecule has 2 N–H and O–H groups in total. The number of nitrogen functional groups attached to an aromatic ring is 1. The van der Waals surface area contributed by atoms with Crippen molar-refractivity contribution in [2.45, 2.75) is 17.0 Å². The van der Waals surface area contributed by atoms with Gasteiger partial charge in [-0.1, -0.05) is 52.4 Å². The maximum atomic E-state index is 6.17. The molecule has 3 aromatic rings. The monoisotopic (exact) mass is 383 g/mol. The van der Waals surface area contributed by atoms with E-state index in [1.54, 1.807) is 30.9 Å². The number of halogens is 2. The molecule has 118 valence electrons. The normalized spacial score (nSPS) is 10.9. The van der Waals surface area contributed by atoms with Crippen LogP contribution in [0, 0.1) is 6.92 Å². The zero-order valence-electron chi connectivity index (χ0n) is 12.0. The number of nitrogens with zero attached hydrogens (tertiary/aromatic N) is 4. The molecule has 0 saturated heterocycles. The van der Waals surface area contributed by atoms with Crippen molar-refractivity contribution in [3.05, 3.63) is 45.8 Å². The maximum absolute atomic E-state index is 6.17.